The number of aliphatic hydroxyl groups is 1. The second-order valence-corrected chi connectivity index (χ2v) is 8.53. The van der Waals surface area contributed by atoms with E-state index in [9.17, 15) is 24.8 Å². The third kappa shape index (κ3) is 4.72. The summed E-state index contributed by atoms with van der Waals surface area (Å²) in [6, 6.07) is 23.9. The first kappa shape index (κ1) is 24.4. The van der Waals surface area contributed by atoms with Crippen molar-refractivity contribution in [2.45, 2.75) is 12.6 Å². The topological polar surface area (TPSA) is 123 Å². The van der Waals surface area contributed by atoms with Gasteiger partial charge in [0.05, 0.1) is 16.5 Å². The van der Waals surface area contributed by atoms with Crippen molar-refractivity contribution in [3.05, 3.63) is 136 Å². The van der Waals surface area contributed by atoms with Crippen LogP contribution in [0.3, 0.4) is 0 Å². The van der Waals surface area contributed by atoms with Crippen LogP contribution in [0.5, 0.6) is 5.75 Å². The minimum absolute atomic E-state index is 0.138. The molecule has 38 heavy (non-hydrogen) atoms. The summed E-state index contributed by atoms with van der Waals surface area (Å²) in [4.78, 5) is 42.4. The maximum absolute atomic E-state index is 13.3. The van der Waals surface area contributed by atoms with Gasteiger partial charge in [0, 0.05) is 35.8 Å². The number of hydrogen-bond donors (Lipinski definition) is 1. The summed E-state index contributed by atoms with van der Waals surface area (Å²) in [6.45, 7) is 0.371. The van der Waals surface area contributed by atoms with Gasteiger partial charge in [0.2, 0.25) is 0 Å². The van der Waals surface area contributed by atoms with Crippen molar-refractivity contribution >= 4 is 28.8 Å². The van der Waals surface area contributed by atoms with Crippen molar-refractivity contribution in [3.63, 3.8) is 0 Å². The first-order valence-electron chi connectivity index (χ1n) is 11.7. The Balaban J connectivity index is 1.51. The average molecular weight is 508 g/mol. The standard InChI is InChI=1S/C29H21N3O6/c33-27(20-8-10-23(11-9-20)32(36)37)25-26(21-7-4-16-30-17-21)31(29(35)28(25)34)22-12-14-24(15-13-22)38-18-19-5-2-1-3-6-19/h1-17,26,33H,18H2/b27-25-. The number of ketones is 1. The normalized spacial score (nSPS) is 16.4. The predicted molar refractivity (Wildman–Crippen MR) is 139 cm³/mol. The molecule has 9 nitrogen and oxygen atoms in total. The minimum Gasteiger partial charge on any atom is -0.507 e. The first-order chi connectivity index (χ1) is 18.4. The lowest BCUT2D eigenvalue weighted by molar-refractivity contribution is -0.384. The van der Waals surface area contributed by atoms with Gasteiger partial charge >= 0.3 is 0 Å². The van der Waals surface area contributed by atoms with Gasteiger partial charge in [-0.05, 0) is 53.6 Å². The van der Waals surface area contributed by atoms with Crippen LogP contribution in [0.2, 0.25) is 0 Å². The molecule has 3 aromatic carbocycles. The van der Waals surface area contributed by atoms with Crippen molar-refractivity contribution in [2.24, 2.45) is 0 Å². The highest BCUT2D eigenvalue weighted by Crippen LogP contribution is 2.42. The van der Waals surface area contributed by atoms with Gasteiger partial charge in [-0.25, -0.2) is 0 Å². The van der Waals surface area contributed by atoms with E-state index in [4.69, 9.17) is 4.74 Å². The van der Waals surface area contributed by atoms with Crippen LogP contribution in [0.4, 0.5) is 11.4 Å². The fraction of sp³-hybridized carbons (Fsp3) is 0.0690. The Morgan fingerprint density at radius 3 is 2.29 bits per heavy atom. The molecular formula is C29H21N3O6. The van der Waals surface area contributed by atoms with Crippen molar-refractivity contribution < 1.29 is 24.4 Å². The average Bonchev–Trinajstić information content (AvgIpc) is 3.23. The lowest BCUT2D eigenvalue weighted by Crippen LogP contribution is -2.29. The molecule has 0 spiro atoms. The van der Waals surface area contributed by atoms with E-state index in [-0.39, 0.29) is 16.8 Å². The summed E-state index contributed by atoms with van der Waals surface area (Å²) >= 11 is 0. The zero-order chi connectivity index (χ0) is 26.6. The lowest BCUT2D eigenvalue weighted by Gasteiger charge is -2.25. The van der Waals surface area contributed by atoms with E-state index in [2.05, 4.69) is 4.98 Å². The van der Waals surface area contributed by atoms with Crippen LogP contribution in [0, 0.1) is 10.1 Å². The maximum atomic E-state index is 13.3. The quantitative estimate of drug-likeness (QED) is 0.120. The first-order valence-corrected chi connectivity index (χ1v) is 11.7. The van der Waals surface area contributed by atoms with Crippen molar-refractivity contribution in [3.8, 4) is 5.75 Å². The SMILES string of the molecule is O=C1C(=O)N(c2ccc(OCc3ccccc3)cc2)C(c2cccnc2)/C1=C(/O)c1ccc([N+](=O)[O-])cc1. The number of nitro benzene ring substituents is 1. The molecule has 1 aliphatic rings. The number of anilines is 1. The fourth-order valence-electron chi connectivity index (χ4n) is 4.29. The summed E-state index contributed by atoms with van der Waals surface area (Å²) in [7, 11) is 0. The number of Topliss-reactive ketones (excluding diaryl/α,β-unsaturated/α-hetero) is 1. The van der Waals surface area contributed by atoms with Gasteiger partial charge in [-0.1, -0.05) is 36.4 Å². The highest BCUT2D eigenvalue weighted by Gasteiger charge is 2.47. The molecule has 1 atom stereocenters. The number of aromatic nitrogens is 1. The molecule has 0 bridgehead atoms. The van der Waals surface area contributed by atoms with Gasteiger partial charge in [-0.3, -0.25) is 29.6 Å². The Morgan fingerprint density at radius 2 is 1.66 bits per heavy atom. The molecule has 1 aliphatic heterocycles. The molecule has 0 radical (unpaired) electrons. The summed E-state index contributed by atoms with van der Waals surface area (Å²) in [5.41, 5.74) is 1.81. The van der Waals surface area contributed by atoms with E-state index in [1.165, 1.54) is 35.4 Å². The van der Waals surface area contributed by atoms with Gasteiger partial charge in [0.1, 0.15) is 18.1 Å². The minimum atomic E-state index is -0.963. The van der Waals surface area contributed by atoms with E-state index in [1.54, 1.807) is 42.6 Å². The number of nitro groups is 1. The Bertz CT molecular complexity index is 1520. The summed E-state index contributed by atoms with van der Waals surface area (Å²) in [6.07, 6.45) is 3.08. The molecule has 4 aromatic rings. The van der Waals surface area contributed by atoms with E-state index < -0.39 is 28.4 Å². The van der Waals surface area contributed by atoms with Crippen LogP contribution in [0.1, 0.15) is 22.7 Å². The van der Waals surface area contributed by atoms with Gasteiger partial charge < -0.3 is 9.84 Å². The Kier molecular flexibility index (Phi) is 6.65. The van der Waals surface area contributed by atoms with Crippen LogP contribution in [0.15, 0.2) is 109 Å². The number of pyridine rings is 1. The van der Waals surface area contributed by atoms with Crippen molar-refractivity contribution in [1.82, 2.24) is 4.98 Å². The lowest BCUT2D eigenvalue weighted by atomic mass is 9.96. The number of benzene rings is 3. The summed E-state index contributed by atoms with van der Waals surface area (Å²) in [5.74, 6) is -1.55. The maximum Gasteiger partial charge on any atom is 0.300 e. The van der Waals surface area contributed by atoms with Gasteiger partial charge in [0.15, 0.2) is 0 Å². The number of non-ortho nitro benzene ring substituents is 1. The van der Waals surface area contributed by atoms with Gasteiger partial charge in [0.25, 0.3) is 17.4 Å². The fourth-order valence-corrected chi connectivity index (χ4v) is 4.29. The molecule has 2 heterocycles. The number of hydrogen-bond acceptors (Lipinski definition) is 7. The molecule has 1 N–H and O–H groups in total. The molecule has 0 aliphatic carbocycles. The molecule has 5 rings (SSSR count). The zero-order valence-electron chi connectivity index (χ0n) is 19.9. The van der Waals surface area contributed by atoms with E-state index in [1.807, 2.05) is 30.3 Å². The highest BCUT2D eigenvalue weighted by molar-refractivity contribution is 6.51. The van der Waals surface area contributed by atoms with Gasteiger partial charge in [-0.2, -0.15) is 0 Å². The molecule has 188 valence electrons. The summed E-state index contributed by atoms with van der Waals surface area (Å²) in [5, 5.41) is 22.1. The van der Waals surface area contributed by atoms with Crippen molar-refractivity contribution in [2.75, 3.05) is 4.90 Å². The number of carbonyl (C=O) groups excluding carboxylic acids is 2. The monoisotopic (exact) mass is 507 g/mol. The molecule has 0 saturated carbocycles. The largest absolute Gasteiger partial charge is 0.507 e. The molecule has 1 fully saturated rings. The number of amides is 1. The van der Waals surface area contributed by atoms with Crippen LogP contribution < -0.4 is 9.64 Å². The third-order valence-electron chi connectivity index (χ3n) is 6.16. The number of rotatable bonds is 7. The molecule has 1 unspecified atom stereocenters. The van der Waals surface area contributed by atoms with Gasteiger partial charge in [-0.15, -0.1) is 0 Å². The number of nitrogens with zero attached hydrogens (tertiary/aromatic N) is 3. The van der Waals surface area contributed by atoms with Crippen molar-refractivity contribution in [1.29, 1.82) is 0 Å². The molecule has 1 saturated heterocycles. The second-order valence-electron chi connectivity index (χ2n) is 8.53. The van der Waals surface area contributed by atoms with Crippen LogP contribution >= 0.6 is 0 Å². The van der Waals surface area contributed by atoms with E-state index in [0.29, 0.717) is 23.6 Å². The molecular weight excluding hydrogens is 486 g/mol. The highest BCUT2D eigenvalue weighted by atomic mass is 16.6. The van der Waals surface area contributed by atoms with Crippen LogP contribution in [0.25, 0.3) is 5.76 Å². The van der Waals surface area contributed by atoms with E-state index in [0.717, 1.165) is 5.56 Å². The molecule has 9 heteroatoms. The van der Waals surface area contributed by atoms with Crippen LogP contribution in [-0.4, -0.2) is 26.7 Å². The Labute approximate surface area is 217 Å². The summed E-state index contributed by atoms with van der Waals surface area (Å²) < 4.78 is 5.84. The molecule has 1 amide bonds. The van der Waals surface area contributed by atoms with Crippen LogP contribution in [-0.2, 0) is 16.2 Å². The molecule has 1 aromatic heterocycles. The third-order valence-corrected chi connectivity index (χ3v) is 6.16. The zero-order valence-corrected chi connectivity index (χ0v) is 19.9. The van der Waals surface area contributed by atoms with E-state index >= 15 is 0 Å². The number of ether oxygens (including phenoxy) is 1. The second kappa shape index (κ2) is 10.4. The predicted octanol–water partition coefficient (Wildman–Crippen LogP) is 5.20. The Morgan fingerprint density at radius 1 is 0.947 bits per heavy atom. The number of carbonyl (C=O) groups is 2. The smallest absolute Gasteiger partial charge is 0.300 e. The number of aliphatic hydroxyl groups excluding tert-OH is 1. The Hall–Kier alpha value is -5.31.